The molecule has 1 aliphatic rings. The number of carbonyl (C=O) groups excluding carboxylic acids is 1. The smallest absolute Gasteiger partial charge is 0.222 e. The molecule has 1 atom stereocenters. The van der Waals surface area contributed by atoms with E-state index in [0.29, 0.717) is 23.9 Å². The lowest BCUT2D eigenvalue weighted by Gasteiger charge is -2.22. The van der Waals surface area contributed by atoms with Gasteiger partial charge in [0, 0.05) is 25.9 Å². The molecule has 1 amide bonds. The first kappa shape index (κ1) is 13.4. The molecule has 0 heterocycles. The Bertz CT molecular complexity index is 262. The SMILES string of the molecule is CC(CN(C)C(=O)CC1CCCC1)C(N)=S. The topological polar surface area (TPSA) is 46.3 Å². The van der Waals surface area contributed by atoms with Gasteiger partial charge in [0.25, 0.3) is 0 Å². The molecule has 2 N–H and O–H groups in total. The highest BCUT2D eigenvalue weighted by Crippen LogP contribution is 2.27. The molecule has 1 aliphatic carbocycles. The van der Waals surface area contributed by atoms with Crippen LogP contribution in [-0.4, -0.2) is 29.4 Å². The third-order valence-corrected chi connectivity index (χ3v) is 3.80. The van der Waals surface area contributed by atoms with Gasteiger partial charge >= 0.3 is 0 Å². The molecule has 92 valence electrons. The van der Waals surface area contributed by atoms with E-state index in [1.807, 2.05) is 14.0 Å². The van der Waals surface area contributed by atoms with E-state index in [1.54, 1.807) is 4.90 Å². The largest absolute Gasteiger partial charge is 0.393 e. The van der Waals surface area contributed by atoms with Crippen LogP contribution in [0.15, 0.2) is 0 Å². The Morgan fingerprint density at radius 1 is 1.50 bits per heavy atom. The first-order chi connectivity index (χ1) is 7.50. The van der Waals surface area contributed by atoms with E-state index in [0.717, 1.165) is 0 Å². The molecule has 0 saturated heterocycles. The molecule has 0 aromatic heterocycles. The first-order valence-corrected chi connectivity index (χ1v) is 6.44. The van der Waals surface area contributed by atoms with Crippen LogP contribution in [0.2, 0.25) is 0 Å². The van der Waals surface area contributed by atoms with Crippen molar-refractivity contribution in [3.05, 3.63) is 0 Å². The van der Waals surface area contributed by atoms with E-state index in [1.165, 1.54) is 25.7 Å². The lowest BCUT2D eigenvalue weighted by Crippen LogP contribution is -2.36. The van der Waals surface area contributed by atoms with Crippen LogP contribution in [-0.2, 0) is 4.79 Å². The molecule has 1 saturated carbocycles. The highest BCUT2D eigenvalue weighted by Gasteiger charge is 2.21. The fourth-order valence-electron chi connectivity index (χ4n) is 2.22. The Hall–Kier alpha value is -0.640. The second-order valence-corrected chi connectivity index (χ2v) is 5.40. The normalized spacial score (nSPS) is 18.4. The minimum absolute atomic E-state index is 0.104. The Morgan fingerprint density at radius 3 is 2.56 bits per heavy atom. The van der Waals surface area contributed by atoms with Gasteiger partial charge in [-0.2, -0.15) is 0 Å². The van der Waals surface area contributed by atoms with Gasteiger partial charge in [-0.25, -0.2) is 0 Å². The van der Waals surface area contributed by atoms with Crippen LogP contribution in [0.3, 0.4) is 0 Å². The average molecular weight is 242 g/mol. The third kappa shape index (κ3) is 4.08. The zero-order chi connectivity index (χ0) is 12.1. The lowest BCUT2D eigenvalue weighted by atomic mass is 10.0. The first-order valence-electron chi connectivity index (χ1n) is 6.04. The summed E-state index contributed by atoms with van der Waals surface area (Å²) < 4.78 is 0. The van der Waals surface area contributed by atoms with E-state index >= 15 is 0 Å². The van der Waals surface area contributed by atoms with Crippen molar-refractivity contribution in [1.29, 1.82) is 0 Å². The number of carbonyl (C=O) groups is 1. The third-order valence-electron chi connectivity index (χ3n) is 3.40. The van der Waals surface area contributed by atoms with Crippen LogP contribution in [0.4, 0.5) is 0 Å². The van der Waals surface area contributed by atoms with Crippen molar-refractivity contribution in [3.63, 3.8) is 0 Å². The highest BCUT2D eigenvalue weighted by molar-refractivity contribution is 7.80. The molecule has 0 spiro atoms. The van der Waals surface area contributed by atoms with E-state index in [9.17, 15) is 4.79 Å². The maximum absolute atomic E-state index is 11.9. The van der Waals surface area contributed by atoms with Gasteiger partial charge < -0.3 is 10.6 Å². The molecule has 0 radical (unpaired) electrons. The van der Waals surface area contributed by atoms with Crippen molar-refractivity contribution in [2.75, 3.05) is 13.6 Å². The molecule has 0 bridgehead atoms. The summed E-state index contributed by atoms with van der Waals surface area (Å²) in [5.74, 6) is 0.942. The number of rotatable bonds is 5. The van der Waals surface area contributed by atoms with Gasteiger partial charge in [0.2, 0.25) is 5.91 Å². The summed E-state index contributed by atoms with van der Waals surface area (Å²) in [5, 5.41) is 0. The number of thiocarbonyl (C=S) groups is 1. The highest BCUT2D eigenvalue weighted by atomic mass is 32.1. The maximum Gasteiger partial charge on any atom is 0.222 e. The molecule has 16 heavy (non-hydrogen) atoms. The van der Waals surface area contributed by atoms with Gasteiger partial charge in [0.05, 0.1) is 4.99 Å². The molecule has 1 unspecified atom stereocenters. The number of hydrogen-bond donors (Lipinski definition) is 1. The summed E-state index contributed by atoms with van der Waals surface area (Å²) in [7, 11) is 1.84. The fraction of sp³-hybridized carbons (Fsp3) is 0.833. The Balaban J connectivity index is 2.32. The summed E-state index contributed by atoms with van der Waals surface area (Å²) in [6.45, 7) is 2.60. The van der Waals surface area contributed by atoms with Crippen LogP contribution < -0.4 is 5.73 Å². The maximum atomic E-state index is 11.9. The van der Waals surface area contributed by atoms with E-state index in [4.69, 9.17) is 18.0 Å². The summed E-state index contributed by atoms with van der Waals surface area (Å²) in [5.41, 5.74) is 5.54. The minimum atomic E-state index is 0.104. The van der Waals surface area contributed by atoms with Crippen LogP contribution >= 0.6 is 12.2 Å². The van der Waals surface area contributed by atoms with Crippen molar-refractivity contribution < 1.29 is 4.79 Å². The number of nitrogens with two attached hydrogens (primary N) is 1. The van der Waals surface area contributed by atoms with Gasteiger partial charge in [-0.15, -0.1) is 0 Å². The number of hydrogen-bond acceptors (Lipinski definition) is 2. The Kier molecular flexibility index (Phi) is 5.19. The van der Waals surface area contributed by atoms with Crippen molar-refractivity contribution in [2.45, 2.75) is 39.0 Å². The van der Waals surface area contributed by atoms with Gasteiger partial charge in [0.15, 0.2) is 0 Å². The van der Waals surface area contributed by atoms with Crippen molar-refractivity contribution in [2.24, 2.45) is 17.6 Å². The summed E-state index contributed by atoms with van der Waals surface area (Å²) in [6.07, 6.45) is 5.69. The van der Waals surface area contributed by atoms with Gasteiger partial charge in [-0.05, 0) is 18.8 Å². The van der Waals surface area contributed by atoms with Crippen LogP contribution in [0.5, 0.6) is 0 Å². The number of nitrogens with zero attached hydrogens (tertiary/aromatic N) is 1. The van der Waals surface area contributed by atoms with Gasteiger partial charge in [-0.1, -0.05) is 32.0 Å². The summed E-state index contributed by atoms with van der Waals surface area (Å²) in [4.78, 5) is 14.2. The molecule has 1 rings (SSSR count). The molecule has 3 nitrogen and oxygen atoms in total. The van der Waals surface area contributed by atoms with E-state index in [2.05, 4.69) is 0 Å². The molecule has 0 aliphatic heterocycles. The molecular weight excluding hydrogens is 220 g/mol. The Morgan fingerprint density at radius 2 is 2.06 bits per heavy atom. The quantitative estimate of drug-likeness (QED) is 0.750. The van der Waals surface area contributed by atoms with Crippen molar-refractivity contribution >= 4 is 23.1 Å². The average Bonchev–Trinajstić information content (AvgIpc) is 2.69. The van der Waals surface area contributed by atoms with Gasteiger partial charge in [0.1, 0.15) is 0 Å². The minimum Gasteiger partial charge on any atom is -0.393 e. The van der Waals surface area contributed by atoms with Crippen LogP contribution in [0, 0.1) is 11.8 Å². The van der Waals surface area contributed by atoms with Gasteiger partial charge in [-0.3, -0.25) is 4.79 Å². The lowest BCUT2D eigenvalue weighted by molar-refractivity contribution is -0.131. The van der Waals surface area contributed by atoms with E-state index < -0.39 is 0 Å². The fourth-order valence-corrected chi connectivity index (χ4v) is 2.29. The molecule has 0 aromatic rings. The molecule has 4 heteroatoms. The molecular formula is C12H22N2OS. The Labute approximate surface area is 103 Å². The van der Waals surface area contributed by atoms with Crippen LogP contribution in [0.25, 0.3) is 0 Å². The van der Waals surface area contributed by atoms with E-state index in [-0.39, 0.29) is 11.8 Å². The number of amides is 1. The monoisotopic (exact) mass is 242 g/mol. The van der Waals surface area contributed by atoms with Crippen molar-refractivity contribution in [3.8, 4) is 0 Å². The summed E-state index contributed by atoms with van der Waals surface area (Å²) in [6, 6.07) is 0. The zero-order valence-electron chi connectivity index (χ0n) is 10.2. The second-order valence-electron chi connectivity index (χ2n) is 4.93. The predicted molar refractivity (Wildman–Crippen MR) is 70.2 cm³/mol. The molecule has 1 fully saturated rings. The standard InChI is InChI=1S/C12H22N2OS/c1-9(12(13)16)8-14(2)11(15)7-10-5-3-4-6-10/h9-10H,3-8H2,1-2H3,(H2,13,16). The summed E-state index contributed by atoms with van der Waals surface area (Å²) >= 11 is 4.91. The van der Waals surface area contributed by atoms with Crippen LogP contribution in [0.1, 0.15) is 39.0 Å². The zero-order valence-corrected chi connectivity index (χ0v) is 11.1. The second kappa shape index (κ2) is 6.18. The van der Waals surface area contributed by atoms with Crippen molar-refractivity contribution in [1.82, 2.24) is 4.90 Å². The molecule has 0 aromatic carbocycles. The predicted octanol–water partition coefficient (Wildman–Crippen LogP) is 1.95.